The number of hydrogen-bond donors (Lipinski definition) is 1. The fourth-order valence-corrected chi connectivity index (χ4v) is 3.21. The number of ether oxygens (including phenoxy) is 1. The lowest BCUT2D eigenvalue weighted by molar-refractivity contribution is 0.417. The second-order valence-corrected chi connectivity index (χ2v) is 5.24. The first-order valence-electron chi connectivity index (χ1n) is 6.47. The predicted molar refractivity (Wildman–Crippen MR) is 74.5 cm³/mol. The monoisotopic (exact) mass is 244 g/mol. The molecule has 3 rings (SSSR count). The van der Waals surface area contributed by atoms with Crippen molar-refractivity contribution in [2.45, 2.75) is 25.8 Å². The highest BCUT2D eigenvalue weighted by molar-refractivity contribution is 5.91. The molecule has 3 heteroatoms. The van der Waals surface area contributed by atoms with Crippen LogP contribution in [0.5, 0.6) is 5.75 Å². The van der Waals surface area contributed by atoms with Crippen LogP contribution >= 0.6 is 0 Å². The van der Waals surface area contributed by atoms with Crippen LogP contribution in [0.3, 0.4) is 0 Å². The second kappa shape index (κ2) is 4.02. The Morgan fingerprint density at radius 1 is 1.33 bits per heavy atom. The lowest BCUT2D eigenvalue weighted by atomic mass is 10.1. The summed E-state index contributed by atoms with van der Waals surface area (Å²) in [6, 6.07) is 4.99. The molecule has 3 nitrogen and oxygen atoms in total. The highest BCUT2D eigenvalue weighted by Gasteiger charge is 2.27. The molecule has 0 saturated heterocycles. The smallest absolute Gasteiger partial charge is 0.143 e. The van der Waals surface area contributed by atoms with E-state index in [1.165, 1.54) is 27.7 Å². The lowest BCUT2D eigenvalue weighted by Crippen LogP contribution is -2.25. The van der Waals surface area contributed by atoms with E-state index in [0.717, 1.165) is 18.6 Å². The third-order valence-electron chi connectivity index (χ3n) is 4.15. The van der Waals surface area contributed by atoms with Gasteiger partial charge in [-0.25, -0.2) is 0 Å². The fourth-order valence-electron chi connectivity index (χ4n) is 3.21. The minimum atomic E-state index is 0.581. The van der Waals surface area contributed by atoms with E-state index in [9.17, 15) is 0 Å². The summed E-state index contributed by atoms with van der Waals surface area (Å²) < 4.78 is 7.85. The molecule has 18 heavy (non-hydrogen) atoms. The van der Waals surface area contributed by atoms with Crippen molar-refractivity contribution in [1.29, 1.82) is 0 Å². The van der Waals surface area contributed by atoms with Crippen LogP contribution < -0.4 is 10.1 Å². The standard InChI is InChI=1S/C15H20N2O/c1-9-5-12-11-7-10(16-2)8-13(11)17(3)15(12)14(6-9)18-4/h5-6,10,16H,7-8H2,1-4H3. The van der Waals surface area contributed by atoms with Gasteiger partial charge >= 0.3 is 0 Å². The predicted octanol–water partition coefficient (Wildman–Crippen LogP) is 2.18. The van der Waals surface area contributed by atoms with Crippen LogP contribution in [0.1, 0.15) is 16.8 Å². The number of aromatic nitrogens is 1. The molecule has 1 N–H and O–H groups in total. The van der Waals surface area contributed by atoms with Gasteiger partial charge in [-0.2, -0.15) is 0 Å². The van der Waals surface area contributed by atoms with Crippen LogP contribution in [0.15, 0.2) is 12.1 Å². The van der Waals surface area contributed by atoms with Crippen LogP contribution in [0.4, 0.5) is 0 Å². The fraction of sp³-hybridized carbons (Fsp3) is 0.467. The second-order valence-electron chi connectivity index (χ2n) is 5.24. The number of nitrogens with zero attached hydrogens (tertiary/aromatic N) is 1. The summed E-state index contributed by atoms with van der Waals surface area (Å²) >= 11 is 0. The highest BCUT2D eigenvalue weighted by Crippen LogP contribution is 2.37. The Morgan fingerprint density at radius 3 is 2.78 bits per heavy atom. The molecule has 1 atom stereocenters. The summed E-state index contributed by atoms with van der Waals surface area (Å²) in [6.45, 7) is 2.13. The molecule has 0 saturated carbocycles. The van der Waals surface area contributed by atoms with Crippen LogP contribution in [-0.2, 0) is 19.9 Å². The Labute approximate surface area is 108 Å². The summed E-state index contributed by atoms with van der Waals surface area (Å²) in [6.07, 6.45) is 2.23. The summed E-state index contributed by atoms with van der Waals surface area (Å²) in [7, 11) is 5.95. The number of methoxy groups -OCH3 is 1. The molecule has 1 aliphatic carbocycles. The largest absolute Gasteiger partial charge is 0.495 e. The van der Waals surface area contributed by atoms with Crippen molar-refractivity contribution in [2.75, 3.05) is 14.2 Å². The van der Waals surface area contributed by atoms with E-state index in [2.05, 4.69) is 36.0 Å². The zero-order valence-corrected chi connectivity index (χ0v) is 11.5. The summed E-state index contributed by atoms with van der Waals surface area (Å²) in [5.74, 6) is 0.989. The average molecular weight is 244 g/mol. The van der Waals surface area contributed by atoms with Gasteiger partial charge in [0.25, 0.3) is 0 Å². The van der Waals surface area contributed by atoms with E-state index in [1.54, 1.807) is 7.11 Å². The van der Waals surface area contributed by atoms with Gasteiger partial charge in [0.15, 0.2) is 0 Å². The Kier molecular flexibility index (Phi) is 2.59. The van der Waals surface area contributed by atoms with Crippen molar-refractivity contribution >= 4 is 10.9 Å². The molecule has 0 fully saturated rings. The molecular formula is C15H20N2O. The molecule has 1 aromatic heterocycles. The number of hydrogen-bond acceptors (Lipinski definition) is 2. The van der Waals surface area contributed by atoms with Gasteiger partial charge in [0.1, 0.15) is 5.75 Å². The SMILES string of the molecule is CNC1Cc2c(n(C)c3c(OC)cc(C)cc23)C1. The van der Waals surface area contributed by atoms with Gasteiger partial charge in [0.2, 0.25) is 0 Å². The highest BCUT2D eigenvalue weighted by atomic mass is 16.5. The first kappa shape index (κ1) is 11.6. The molecule has 0 bridgehead atoms. The summed E-state index contributed by atoms with van der Waals surface area (Å²) in [5.41, 5.74) is 5.45. The number of rotatable bonds is 2. The molecule has 1 aromatic carbocycles. The molecule has 0 aliphatic heterocycles. The van der Waals surface area contributed by atoms with Gasteiger partial charge in [-0.15, -0.1) is 0 Å². The third kappa shape index (κ3) is 1.47. The Hall–Kier alpha value is -1.48. The number of aryl methyl sites for hydroxylation is 2. The van der Waals surface area contributed by atoms with Crippen molar-refractivity contribution in [3.05, 3.63) is 29.0 Å². The molecule has 0 spiro atoms. The van der Waals surface area contributed by atoms with Crippen molar-refractivity contribution < 1.29 is 4.74 Å². The number of benzene rings is 1. The van der Waals surface area contributed by atoms with Gasteiger partial charge in [0.05, 0.1) is 12.6 Å². The Morgan fingerprint density at radius 2 is 2.11 bits per heavy atom. The number of fused-ring (bicyclic) bond motifs is 3. The quantitative estimate of drug-likeness (QED) is 0.876. The summed E-state index contributed by atoms with van der Waals surface area (Å²) in [5, 5.41) is 4.75. The topological polar surface area (TPSA) is 26.2 Å². The maximum Gasteiger partial charge on any atom is 0.143 e. The van der Waals surface area contributed by atoms with E-state index in [1.807, 2.05) is 7.05 Å². The zero-order chi connectivity index (χ0) is 12.9. The van der Waals surface area contributed by atoms with E-state index >= 15 is 0 Å². The van der Waals surface area contributed by atoms with Gasteiger partial charge in [0, 0.05) is 30.6 Å². The van der Waals surface area contributed by atoms with E-state index in [-0.39, 0.29) is 0 Å². The summed E-state index contributed by atoms with van der Waals surface area (Å²) in [4.78, 5) is 0. The molecule has 96 valence electrons. The van der Waals surface area contributed by atoms with E-state index in [0.29, 0.717) is 6.04 Å². The van der Waals surface area contributed by atoms with Crippen molar-refractivity contribution in [2.24, 2.45) is 7.05 Å². The molecule has 1 aliphatic rings. The number of nitrogens with one attached hydrogen (secondary N) is 1. The van der Waals surface area contributed by atoms with Crippen LogP contribution in [0.2, 0.25) is 0 Å². The van der Waals surface area contributed by atoms with Crippen LogP contribution in [0.25, 0.3) is 10.9 Å². The van der Waals surface area contributed by atoms with Gasteiger partial charge in [-0.3, -0.25) is 0 Å². The maximum absolute atomic E-state index is 5.54. The Bertz CT molecular complexity index is 613. The van der Waals surface area contributed by atoms with Crippen molar-refractivity contribution in [1.82, 2.24) is 9.88 Å². The molecule has 2 aromatic rings. The van der Waals surface area contributed by atoms with Crippen LogP contribution in [-0.4, -0.2) is 24.8 Å². The average Bonchev–Trinajstić information content (AvgIpc) is 2.89. The van der Waals surface area contributed by atoms with Crippen molar-refractivity contribution in [3.8, 4) is 5.75 Å². The first-order chi connectivity index (χ1) is 8.65. The minimum absolute atomic E-state index is 0.581. The molecular weight excluding hydrogens is 224 g/mol. The Balaban J connectivity index is 2.28. The van der Waals surface area contributed by atoms with Gasteiger partial charge in [-0.05, 0) is 43.7 Å². The van der Waals surface area contributed by atoms with E-state index < -0.39 is 0 Å². The zero-order valence-electron chi connectivity index (χ0n) is 11.5. The molecule has 1 heterocycles. The van der Waals surface area contributed by atoms with E-state index in [4.69, 9.17) is 4.74 Å². The molecule has 0 amide bonds. The van der Waals surface area contributed by atoms with Crippen molar-refractivity contribution in [3.63, 3.8) is 0 Å². The molecule has 1 unspecified atom stereocenters. The lowest BCUT2D eigenvalue weighted by Gasteiger charge is -2.11. The van der Waals surface area contributed by atoms with Gasteiger partial charge < -0.3 is 14.6 Å². The maximum atomic E-state index is 5.54. The first-order valence-corrected chi connectivity index (χ1v) is 6.47. The minimum Gasteiger partial charge on any atom is -0.495 e. The number of likely N-dealkylation sites (N-methyl/N-ethyl adjacent to an activating group) is 1. The normalized spacial score (nSPS) is 18.3. The van der Waals surface area contributed by atoms with Crippen LogP contribution in [0, 0.1) is 6.92 Å². The third-order valence-corrected chi connectivity index (χ3v) is 4.15. The molecule has 0 radical (unpaired) electrons. The van der Waals surface area contributed by atoms with Gasteiger partial charge in [-0.1, -0.05) is 0 Å².